The molecule has 3 heteroatoms. The van der Waals surface area contributed by atoms with Crippen molar-refractivity contribution in [3.63, 3.8) is 0 Å². The van der Waals surface area contributed by atoms with Crippen molar-refractivity contribution >= 4 is 0 Å². The predicted octanol–water partition coefficient (Wildman–Crippen LogP) is 2.10. The number of likely N-dealkylation sites (tertiary alicyclic amines) is 1. The van der Waals surface area contributed by atoms with Crippen LogP contribution >= 0.6 is 0 Å². The average Bonchev–Trinajstić information content (AvgIpc) is 2.71. The summed E-state index contributed by atoms with van der Waals surface area (Å²) in [6, 6.07) is 0.577. The van der Waals surface area contributed by atoms with Crippen molar-refractivity contribution in [2.24, 2.45) is 11.3 Å². The third kappa shape index (κ3) is 4.87. The Labute approximate surface area is 113 Å². The largest absolute Gasteiger partial charge is 0.393 e. The number of aliphatic hydroxyl groups is 1. The van der Waals surface area contributed by atoms with Crippen LogP contribution < -0.4 is 5.32 Å². The van der Waals surface area contributed by atoms with Crippen LogP contribution in [0.2, 0.25) is 0 Å². The lowest BCUT2D eigenvalue weighted by molar-refractivity contribution is 0.126. The summed E-state index contributed by atoms with van der Waals surface area (Å²) >= 11 is 0. The SMILES string of the molecule is CCNC(CCN1CCC(C(C)O)C1)C(C)(C)C. The van der Waals surface area contributed by atoms with E-state index in [1.165, 1.54) is 6.42 Å². The van der Waals surface area contributed by atoms with Gasteiger partial charge >= 0.3 is 0 Å². The number of hydrogen-bond donors (Lipinski definition) is 2. The second kappa shape index (κ2) is 6.88. The molecule has 0 amide bonds. The average molecular weight is 256 g/mol. The van der Waals surface area contributed by atoms with Gasteiger partial charge in [0.2, 0.25) is 0 Å². The van der Waals surface area contributed by atoms with Crippen LogP contribution in [-0.2, 0) is 0 Å². The number of nitrogens with one attached hydrogen (secondary N) is 1. The minimum absolute atomic E-state index is 0.151. The minimum atomic E-state index is -0.151. The van der Waals surface area contributed by atoms with Crippen LogP contribution in [-0.4, -0.2) is 48.3 Å². The number of rotatable bonds is 6. The van der Waals surface area contributed by atoms with Gasteiger partial charge in [-0.3, -0.25) is 0 Å². The zero-order valence-electron chi connectivity index (χ0n) is 12.9. The monoisotopic (exact) mass is 256 g/mol. The summed E-state index contributed by atoms with van der Waals surface area (Å²) in [5, 5.41) is 13.2. The predicted molar refractivity (Wildman–Crippen MR) is 77.8 cm³/mol. The zero-order valence-corrected chi connectivity index (χ0v) is 12.9. The van der Waals surface area contributed by atoms with E-state index in [9.17, 15) is 5.11 Å². The van der Waals surface area contributed by atoms with Crippen molar-refractivity contribution in [3.8, 4) is 0 Å². The summed E-state index contributed by atoms with van der Waals surface area (Å²) in [5.41, 5.74) is 0.319. The Bertz CT molecular complexity index is 235. The molecule has 1 saturated heterocycles. The fraction of sp³-hybridized carbons (Fsp3) is 1.00. The van der Waals surface area contributed by atoms with E-state index in [1.54, 1.807) is 0 Å². The van der Waals surface area contributed by atoms with Gasteiger partial charge in [0.25, 0.3) is 0 Å². The highest BCUT2D eigenvalue weighted by Gasteiger charge is 2.28. The first kappa shape index (κ1) is 15.9. The van der Waals surface area contributed by atoms with Crippen molar-refractivity contribution in [2.45, 2.75) is 59.6 Å². The van der Waals surface area contributed by atoms with E-state index in [4.69, 9.17) is 0 Å². The molecular weight excluding hydrogens is 224 g/mol. The van der Waals surface area contributed by atoms with Crippen LogP contribution in [0.5, 0.6) is 0 Å². The Balaban J connectivity index is 2.35. The number of hydrogen-bond acceptors (Lipinski definition) is 3. The summed E-state index contributed by atoms with van der Waals surface area (Å²) in [7, 11) is 0. The first-order chi connectivity index (χ1) is 8.34. The Kier molecular flexibility index (Phi) is 6.09. The van der Waals surface area contributed by atoms with Gasteiger partial charge in [0, 0.05) is 12.6 Å². The molecule has 108 valence electrons. The molecule has 1 heterocycles. The molecular formula is C15H32N2O. The normalized spacial score (nSPS) is 25.3. The molecule has 0 radical (unpaired) electrons. The lowest BCUT2D eigenvalue weighted by Crippen LogP contribution is -2.42. The van der Waals surface area contributed by atoms with E-state index in [0.29, 0.717) is 17.4 Å². The van der Waals surface area contributed by atoms with Crippen LogP contribution in [0.25, 0.3) is 0 Å². The van der Waals surface area contributed by atoms with Crippen molar-refractivity contribution in [2.75, 3.05) is 26.2 Å². The van der Waals surface area contributed by atoms with Crippen LogP contribution in [0.1, 0.15) is 47.5 Å². The maximum atomic E-state index is 9.62. The standard InChI is InChI=1S/C15H32N2O/c1-6-16-14(15(3,4)5)8-10-17-9-7-13(11-17)12(2)18/h12-14,16,18H,6-11H2,1-5H3. The molecule has 1 aliphatic heterocycles. The molecule has 1 aliphatic rings. The second-order valence-electron chi connectivity index (χ2n) is 6.85. The lowest BCUT2D eigenvalue weighted by atomic mass is 9.84. The van der Waals surface area contributed by atoms with Gasteiger partial charge in [-0.25, -0.2) is 0 Å². The van der Waals surface area contributed by atoms with E-state index in [0.717, 1.165) is 32.6 Å². The van der Waals surface area contributed by atoms with E-state index in [2.05, 4.69) is 37.9 Å². The number of aliphatic hydroxyl groups excluding tert-OH is 1. The third-order valence-electron chi connectivity index (χ3n) is 4.22. The highest BCUT2D eigenvalue weighted by atomic mass is 16.3. The first-order valence-corrected chi connectivity index (χ1v) is 7.48. The molecule has 3 atom stereocenters. The van der Waals surface area contributed by atoms with E-state index in [-0.39, 0.29) is 6.10 Å². The Hall–Kier alpha value is -0.120. The smallest absolute Gasteiger partial charge is 0.0552 e. The molecule has 0 aromatic carbocycles. The molecule has 0 bridgehead atoms. The summed E-state index contributed by atoms with van der Waals surface area (Å²) in [5.74, 6) is 0.484. The van der Waals surface area contributed by atoms with Gasteiger partial charge in [-0.1, -0.05) is 27.7 Å². The fourth-order valence-corrected chi connectivity index (χ4v) is 2.86. The van der Waals surface area contributed by atoms with Gasteiger partial charge < -0.3 is 15.3 Å². The third-order valence-corrected chi connectivity index (χ3v) is 4.22. The summed E-state index contributed by atoms with van der Waals surface area (Å²) < 4.78 is 0. The minimum Gasteiger partial charge on any atom is -0.393 e. The highest BCUT2D eigenvalue weighted by molar-refractivity contribution is 4.84. The topological polar surface area (TPSA) is 35.5 Å². The molecule has 0 aromatic rings. The van der Waals surface area contributed by atoms with E-state index < -0.39 is 0 Å². The summed E-state index contributed by atoms with van der Waals surface area (Å²) in [4.78, 5) is 2.51. The molecule has 0 aromatic heterocycles. The Morgan fingerprint density at radius 2 is 2.06 bits per heavy atom. The Morgan fingerprint density at radius 3 is 2.50 bits per heavy atom. The molecule has 0 saturated carbocycles. The van der Waals surface area contributed by atoms with Gasteiger partial charge in [-0.05, 0) is 50.7 Å². The van der Waals surface area contributed by atoms with Gasteiger partial charge in [0.1, 0.15) is 0 Å². The molecule has 18 heavy (non-hydrogen) atoms. The van der Waals surface area contributed by atoms with Crippen LogP contribution in [0.3, 0.4) is 0 Å². The molecule has 3 unspecified atom stereocenters. The molecule has 3 nitrogen and oxygen atoms in total. The Morgan fingerprint density at radius 1 is 1.39 bits per heavy atom. The summed E-state index contributed by atoms with van der Waals surface area (Å²) in [6.45, 7) is 15.4. The highest BCUT2D eigenvalue weighted by Crippen LogP contribution is 2.24. The number of nitrogens with zero attached hydrogens (tertiary/aromatic N) is 1. The summed E-state index contributed by atoms with van der Waals surface area (Å²) in [6.07, 6.45) is 2.20. The zero-order chi connectivity index (χ0) is 13.8. The van der Waals surface area contributed by atoms with Crippen molar-refractivity contribution in [1.82, 2.24) is 10.2 Å². The van der Waals surface area contributed by atoms with Crippen molar-refractivity contribution < 1.29 is 5.11 Å². The van der Waals surface area contributed by atoms with Crippen LogP contribution in [0, 0.1) is 11.3 Å². The van der Waals surface area contributed by atoms with Gasteiger partial charge in [0.05, 0.1) is 6.10 Å². The molecule has 1 fully saturated rings. The molecule has 2 N–H and O–H groups in total. The lowest BCUT2D eigenvalue weighted by Gasteiger charge is -2.33. The van der Waals surface area contributed by atoms with Crippen molar-refractivity contribution in [1.29, 1.82) is 0 Å². The molecule has 0 spiro atoms. The quantitative estimate of drug-likeness (QED) is 0.764. The maximum Gasteiger partial charge on any atom is 0.0552 e. The van der Waals surface area contributed by atoms with E-state index in [1.807, 2.05) is 6.92 Å². The maximum absolute atomic E-state index is 9.62. The van der Waals surface area contributed by atoms with Gasteiger partial charge in [0.15, 0.2) is 0 Å². The van der Waals surface area contributed by atoms with Crippen LogP contribution in [0.15, 0.2) is 0 Å². The van der Waals surface area contributed by atoms with E-state index >= 15 is 0 Å². The van der Waals surface area contributed by atoms with Gasteiger partial charge in [-0.15, -0.1) is 0 Å². The van der Waals surface area contributed by atoms with Crippen LogP contribution in [0.4, 0.5) is 0 Å². The first-order valence-electron chi connectivity index (χ1n) is 7.48. The second-order valence-corrected chi connectivity index (χ2v) is 6.85. The fourth-order valence-electron chi connectivity index (χ4n) is 2.86. The molecule has 1 rings (SSSR count). The molecule has 0 aliphatic carbocycles. The van der Waals surface area contributed by atoms with Gasteiger partial charge in [-0.2, -0.15) is 0 Å². The van der Waals surface area contributed by atoms with Crippen molar-refractivity contribution in [3.05, 3.63) is 0 Å².